The standard InChI is InChI=1S/C11H15ClN2O/c1-13(2)10-5-4-9(7-12)6-11(10)14(3)8-15/h4-6,8H,7H2,1-3H3. The first kappa shape index (κ1) is 11.9. The molecule has 0 aliphatic carbocycles. The molecule has 0 radical (unpaired) electrons. The Morgan fingerprint density at radius 3 is 2.40 bits per heavy atom. The highest BCUT2D eigenvalue weighted by molar-refractivity contribution is 6.17. The number of halogens is 1. The van der Waals surface area contributed by atoms with E-state index in [9.17, 15) is 4.79 Å². The van der Waals surface area contributed by atoms with Crippen LogP contribution in [0, 0.1) is 0 Å². The average molecular weight is 227 g/mol. The zero-order valence-electron chi connectivity index (χ0n) is 9.20. The first-order valence-electron chi connectivity index (χ1n) is 4.64. The minimum absolute atomic E-state index is 0.452. The fourth-order valence-electron chi connectivity index (χ4n) is 1.37. The number of hydrogen-bond donors (Lipinski definition) is 0. The number of alkyl halides is 1. The Bertz CT molecular complexity index is 352. The van der Waals surface area contributed by atoms with Crippen LogP contribution >= 0.6 is 11.6 Å². The van der Waals surface area contributed by atoms with Gasteiger partial charge in [-0.3, -0.25) is 4.79 Å². The van der Waals surface area contributed by atoms with Crippen molar-refractivity contribution in [2.75, 3.05) is 30.9 Å². The Hall–Kier alpha value is -1.22. The summed E-state index contributed by atoms with van der Waals surface area (Å²) in [5, 5.41) is 0. The number of nitrogens with zero attached hydrogens (tertiary/aromatic N) is 2. The minimum atomic E-state index is 0.452. The molecule has 0 saturated heterocycles. The molecule has 15 heavy (non-hydrogen) atoms. The number of anilines is 2. The van der Waals surface area contributed by atoms with E-state index in [2.05, 4.69) is 0 Å². The van der Waals surface area contributed by atoms with E-state index in [0.717, 1.165) is 23.3 Å². The molecular formula is C11H15ClN2O. The maximum atomic E-state index is 10.8. The summed E-state index contributed by atoms with van der Waals surface area (Å²) in [4.78, 5) is 14.3. The second-order valence-electron chi connectivity index (χ2n) is 3.57. The fraction of sp³-hybridized carbons (Fsp3) is 0.364. The molecule has 0 atom stereocenters. The summed E-state index contributed by atoms with van der Waals surface area (Å²) in [5.41, 5.74) is 2.87. The Balaban J connectivity index is 3.22. The average Bonchev–Trinajstić information content (AvgIpc) is 2.26. The van der Waals surface area contributed by atoms with E-state index in [1.807, 2.05) is 37.2 Å². The first-order chi connectivity index (χ1) is 7.10. The summed E-state index contributed by atoms with van der Waals surface area (Å²) in [6.45, 7) is 0. The van der Waals surface area contributed by atoms with Gasteiger partial charge < -0.3 is 9.80 Å². The van der Waals surface area contributed by atoms with Gasteiger partial charge in [0.05, 0.1) is 11.4 Å². The van der Waals surface area contributed by atoms with E-state index >= 15 is 0 Å². The fourth-order valence-corrected chi connectivity index (χ4v) is 1.54. The summed E-state index contributed by atoms with van der Waals surface area (Å²) in [6, 6.07) is 5.86. The van der Waals surface area contributed by atoms with Crippen molar-refractivity contribution in [2.45, 2.75) is 5.88 Å². The van der Waals surface area contributed by atoms with Gasteiger partial charge in [-0.15, -0.1) is 11.6 Å². The molecule has 1 amide bonds. The zero-order chi connectivity index (χ0) is 11.4. The molecule has 0 saturated carbocycles. The lowest BCUT2D eigenvalue weighted by Gasteiger charge is -2.22. The van der Waals surface area contributed by atoms with Gasteiger partial charge in [0.1, 0.15) is 0 Å². The summed E-state index contributed by atoms with van der Waals surface area (Å²) in [6.07, 6.45) is 0.792. The lowest BCUT2D eigenvalue weighted by molar-refractivity contribution is -0.107. The number of hydrogen-bond acceptors (Lipinski definition) is 2. The molecule has 1 aromatic rings. The number of rotatable bonds is 4. The summed E-state index contributed by atoms with van der Waals surface area (Å²) >= 11 is 5.76. The molecule has 0 N–H and O–H groups in total. The van der Waals surface area contributed by atoms with Gasteiger partial charge in [0.15, 0.2) is 0 Å². The van der Waals surface area contributed by atoms with Crippen LogP contribution < -0.4 is 9.80 Å². The van der Waals surface area contributed by atoms with Gasteiger partial charge >= 0.3 is 0 Å². The molecule has 0 spiro atoms. The van der Waals surface area contributed by atoms with E-state index in [1.165, 1.54) is 0 Å². The topological polar surface area (TPSA) is 23.6 Å². The van der Waals surface area contributed by atoms with Gasteiger partial charge in [0, 0.05) is 27.0 Å². The predicted molar refractivity (Wildman–Crippen MR) is 64.8 cm³/mol. The van der Waals surface area contributed by atoms with Crippen LogP contribution in [0.5, 0.6) is 0 Å². The Labute approximate surface area is 95.2 Å². The van der Waals surface area contributed by atoms with Crippen molar-refractivity contribution in [3.8, 4) is 0 Å². The largest absolute Gasteiger partial charge is 0.376 e. The number of amides is 1. The number of benzene rings is 1. The van der Waals surface area contributed by atoms with Crippen LogP contribution in [0.25, 0.3) is 0 Å². The molecule has 82 valence electrons. The zero-order valence-corrected chi connectivity index (χ0v) is 9.95. The number of carbonyl (C=O) groups excluding carboxylic acids is 1. The molecule has 1 rings (SSSR count). The Morgan fingerprint density at radius 2 is 1.93 bits per heavy atom. The van der Waals surface area contributed by atoms with Crippen molar-refractivity contribution in [3.05, 3.63) is 23.8 Å². The molecule has 0 heterocycles. The maximum absolute atomic E-state index is 10.8. The second-order valence-corrected chi connectivity index (χ2v) is 3.83. The molecule has 3 nitrogen and oxygen atoms in total. The third-order valence-electron chi connectivity index (χ3n) is 2.21. The smallest absolute Gasteiger partial charge is 0.213 e. The summed E-state index contributed by atoms with van der Waals surface area (Å²) in [5.74, 6) is 0.452. The van der Waals surface area contributed by atoms with Crippen LogP contribution in [-0.2, 0) is 10.7 Å². The van der Waals surface area contributed by atoms with Crippen LogP contribution in [0.15, 0.2) is 18.2 Å². The van der Waals surface area contributed by atoms with Crippen LogP contribution in [0.4, 0.5) is 11.4 Å². The SMILES string of the molecule is CN(C)c1ccc(CCl)cc1N(C)C=O. The van der Waals surface area contributed by atoms with E-state index in [-0.39, 0.29) is 0 Å². The van der Waals surface area contributed by atoms with Crippen LogP contribution in [0.1, 0.15) is 5.56 Å². The highest BCUT2D eigenvalue weighted by Gasteiger charge is 2.09. The molecule has 0 aliphatic rings. The van der Waals surface area contributed by atoms with Gasteiger partial charge in [-0.25, -0.2) is 0 Å². The van der Waals surface area contributed by atoms with Crippen molar-refractivity contribution in [2.24, 2.45) is 0 Å². The molecule has 0 unspecified atom stereocenters. The van der Waals surface area contributed by atoms with Gasteiger partial charge in [-0.1, -0.05) is 6.07 Å². The Morgan fingerprint density at radius 1 is 1.27 bits per heavy atom. The van der Waals surface area contributed by atoms with E-state index in [0.29, 0.717) is 5.88 Å². The van der Waals surface area contributed by atoms with Crippen molar-refractivity contribution >= 4 is 29.4 Å². The second kappa shape index (κ2) is 5.03. The molecule has 0 aromatic heterocycles. The van der Waals surface area contributed by atoms with Gasteiger partial charge in [0.2, 0.25) is 6.41 Å². The molecular weight excluding hydrogens is 212 g/mol. The first-order valence-corrected chi connectivity index (χ1v) is 5.18. The van der Waals surface area contributed by atoms with Crippen LogP contribution in [-0.4, -0.2) is 27.6 Å². The lowest BCUT2D eigenvalue weighted by atomic mass is 10.1. The molecule has 0 fully saturated rings. The summed E-state index contributed by atoms with van der Waals surface area (Å²) < 4.78 is 0. The third kappa shape index (κ3) is 2.63. The summed E-state index contributed by atoms with van der Waals surface area (Å²) in [7, 11) is 5.61. The normalized spacial score (nSPS) is 9.87. The monoisotopic (exact) mass is 226 g/mol. The minimum Gasteiger partial charge on any atom is -0.376 e. The quantitative estimate of drug-likeness (QED) is 0.580. The number of carbonyl (C=O) groups is 1. The van der Waals surface area contributed by atoms with Gasteiger partial charge in [-0.2, -0.15) is 0 Å². The van der Waals surface area contributed by atoms with E-state index < -0.39 is 0 Å². The lowest BCUT2D eigenvalue weighted by Crippen LogP contribution is -2.19. The highest BCUT2D eigenvalue weighted by Crippen LogP contribution is 2.28. The Kier molecular flexibility index (Phi) is 3.97. The predicted octanol–water partition coefficient (Wildman–Crippen LogP) is 2.08. The van der Waals surface area contributed by atoms with Crippen molar-refractivity contribution in [3.63, 3.8) is 0 Å². The van der Waals surface area contributed by atoms with E-state index in [1.54, 1.807) is 11.9 Å². The molecule has 4 heteroatoms. The van der Waals surface area contributed by atoms with Gasteiger partial charge in [-0.05, 0) is 17.7 Å². The van der Waals surface area contributed by atoms with E-state index in [4.69, 9.17) is 11.6 Å². The maximum Gasteiger partial charge on any atom is 0.213 e. The highest BCUT2D eigenvalue weighted by atomic mass is 35.5. The van der Waals surface area contributed by atoms with Gasteiger partial charge in [0.25, 0.3) is 0 Å². The molecule has 0 bridgehead atoms. The van der Waals surface area contributed by atoms with Crippen LogP contribution in [0.2, 0.25) is 0 Å². The van der Waals surface area contributed by atoms with Crippen LogP contribution in [0.3, 0.4) is 0 Å². The molecule has 1 aromatic carbocycles. The molecule has 0 aliphatic heterocycles. The van der Waals surface area contributed by atoms with Crippen molar-refractivity contribution in [1.82, 2.24) is 0 Å². The van der Waals surface area contributed by atoms with Crippen molar-refractivity contribution in [1.29, 1.82) is 0 Å². The third-order valence-corrected chi connectivity index (χ3v) is 2.52. The van der Waals surface area contributed by atoms with Crippen molar-refractivity contribution < 1.29 is 4.79 Å².